The summed E-state index contributed by atoms with van der Waals surface area (Å²) in [5, 5.41) is 0. The van der Waals surface area contributed by atoms with E-state index in [2.05, 4.69) is 37.2 Å². The molecule has 0 aromatic carbocycles. The summed E-state index contributed by atoms with van der Waals surface area (Å²) in [6.07, 6.45) is 5.81. The Morgan fingerprint density at radius 2 is 1.81 bits per heavy atom. The van der Waals surface area contributed by atoms with Crippen LogP contribution < -0.4 is 5.43 Å². The van der Waals surface area contributed by atoms with Crippen molar-refractivity contribution in [1.29, 1.82) is 0 Å². The van der Waals surface area contributed by atoms with Gasteiger partial charge in [0, 0.05) is 18.6 Å². The van der Waals surface area contributed by atoms with E-state index in [1.165, 1.54) is 5.56 Å². The van der Waals surface area contributed by atoms with E-state index >= 15 is 0 Å². The van der Waals surface area contributed by atoms with Gasteiger partial charge in [-0.25, -0.2) is 4.98 Å². The van der Waals surface area contributed by atoms with Gasteiger partial charge in [0.1, 0.15) is 5.82 Å². The number of anilines is 1. The molecule has 0 aliphatic carbocycles. The normalized spacial score (nSPS) is 11.4. The third-order valence-electron chi connectivity index (χ3n) is 2.48. The Hall–Kier alpha value is -1.77. The van der Waals surface area contributed by atoms with Gasteiger partial charge >= 0.3 is 0 Å². The van der Waals surface area contributed by atoms with E-state index in [1.807, 2.05) is 41.5 Å². The fourth-order valence-electron chi connectivity index (χ4n) is 1.44. The number of nitrogens with one attached hydrogen (secondary N) is 1. The van der Waals surface area contributed by atoms with Gasteiger partial charge in [-0.2, -0.15) is 0 Å². The highest BCUT2D eigenvalue weighted by Gasteiger charge is 2.13. The smallest absolute Gasteiger partial charge is 0.144 e. The molecule has 1 N–H and O–H groups in total. The Balaban J connectivity index is 2.14. The fraction of sp³-hybridized carbons (Fsp3) is 0.308. The SMILES string of the molecule is CC(C)(C)c1ccc(Nn2cccc2)nc1. The first-order valence-corrected chi connectivity index (χ1v) is 5.42. The van der Waals surface area contributed by atoms with Gasteiger partial charge in [-0.05, 0) is 29.2 Å². The second-order valence-electron chi connectivity index (χ2n) is 4.88. The van der Waals surface area contributed by atoms with Crippen molar-refractivity contribution in [3.63, 3.8) is 0 Å². The van der Waals surface area contributed by atoms with Crippen molar-refractivity contribution >= 4 is 5.82 Å². The van der Waals surface area contributed by atoms with E-state index < -0.39 is 0 Å². The Morgan fingerprint density at radius 3 is 2.31 bits per heavy atom. The van der Waals surface area contributed by atoms with Crippen LogP contribution in [0.3, 0.4) is 0 Å². The van der Waals surface area contributed by atoms with Gasteiger partial charge in [-0.15, -0.1) is 0 Å². The quantitative estimate of drug-likeness (QED) is 0.834. The first kappa shape index (κ1) is 10.7. The van der Waals surface area contributed by atoms with Gasteiger partial charge in [-0.1, -0.05) is 26.8 Å². The van der Waals surface area contributed by atoms with E-state index in [4.69, 9.17) is 0 Å². The summed E-state index contributed by atoms with van der Waals surface area (Å²) < 4.78 is 1.87. The lowest BCUT2D eigenvalue weighted by atomic mass is 9.88. The van der Waals surface area contributed by atoms with Crippen molar-refractivity contribution in [2.75, 3.05) is 5.43 Å². The van der Waals surface area contributed by atoms with Crippen LogP contribution >= 0.6 is 0 Å². The maximum absolute atomic E-state index is 4.39. The second kappa shape index (κ2) is 4.00. The molecule has 0 spiro atoms. The third kappa shape index (κ3) is 2.42. The van der Waals surface area contributed by atoms with E-state index in [9.17, 15) is 0 Å². The number of aromatic nitrogens is 2. The minimum Gasteiger partial charge on any atom is -0.278 e. The van der Waals surface area contributed by atoms with E-state index in [1.54, 1.807) is 0 Å². The van der Waals surface area contributed by atoms with Crippen molar-refractivity contribution in [3.05, 3.63) is 48.4 Å². The molecular weight excluding hydrogens is 198 g/mol. The summed E-state index contributed by atoms with van der Waals surface area (Å²) in [6, 6.07) is 8.05. The van der Waals surface area contributed by atoms with Gasteiger partial charge < -0.3 is 0 Å². The molecule has 0 unspecified atom stereocenters. The van der Waals surface area contributed by atoms with Crippen LogP contribution in [0.5, 0.6) is 0 Å². The van der Waals surface area contributed by atoms with E-state index in [0.29, 0.717) is 0 Å². The van der Waals surface area contributed by atoms with Gasteiger partial charge in [-0.3, -0.25) is 10.1 Å². The topological polar surface area (TPSA) is 29.9 Å². The number of nitrogens with zero attached hydrogens (tertiary/aromatic N) is 2. The number of hydrogen-bond acceptors (Lipinski definition) is 2. The predicted molar refractivity (Wildman–Crippen MR) is 66.4 cm³/mol. The Morgan fingerprint density at radius 1 is 1.12 bits per heavy atom. The van der Waals surface area contributed by atoms with Crippen LogP contribution in [0.25, 0.3) is 0 Å². The molecule has 0 aliphatic rings. The van der Waals surface area contributed by atoms with Crippen LogP contribution in [-0.2, 0) is 5.41 Å². The predicted octanol–water partition coefficient (Wildman–Crippen LogP) is 3.06. The van der Waals surface area contributed by atoms with Crippen molar-refractivity contribution < 1.29 is 0 Å². The molecule has 84 valence electrons. The Kier molecular flexibility index (Phi) is 2.69. The molecule has 0 fully saturated rings. The molecule has 0 bridgehead atoms. The molecular formula is C13H17N3. The summed E-state index contributed by atoms with van der Waals surface area (Å²) >= 11 is 0. The number of pyridine rings is 1. The average molecular weight is 215 g/mol. The lowest BCUT2D eigenvalue weighted by molar-refractivity contribution is 0.587. The van der Waals surface area contributed by atoms with Crippen LogP contribution in [0.15, 0.2) is 42.9 Å². The molecule has 0 saturated heterocycles. The summed E-state index contributed by atoms with van der Waals surface area (Å²) in [6.45, 7) is 6.55. The van der Waals surface area contributed by atoms with Gasteiger partial charge in [0.15, 0.2) is 0 Å². The van der Waals surface area contributed by atoms with Crippen LogP contribution in [0, 0.1) is 0 Å². The summed E-state index contributed by atoms with van der Waals surface area (Å²) in [5.74, 6) is 0.851. The van der Waals surface area contributed by atoms with Crippen molar-refractivity contribution in [2.24, 2.45) is 0 Å². The zero-order chi connectivity index (χ0) is 11.6. The molecule has 3 nitrogen and oxygen atoms in total. The molecule has 0 radical (unpaired) electrons. The largest absolute Gasteiger partial charge is 0.278 e. The zero-order valence-electron chi connectivity index (χ0n) is 9.94. The molecule has 2 heterocycles. The number of rotatable bonds is 2. The molecule has 0 saturated carbocycles. The van der Waals surface area contributed by atoms with Gasteiger partial charge in [0.25, 0.3) is 0 Å². The van der Waals surface area contributed by atoms with Gasteiger partial charge in [0.05, 0.1) is 0 Å². The fourth-order valence-corrected chi connectivity index (χ4v) is 1.44. The standard InChI is InChI=1S/C13H17N3/c1-13(2,3)11-6-7-12(14-10-11)15-16-8-4-5-9-16/h4-10H,1-3H3,(H,14,15). The monoisotopic (exact) mass is 215 g/mol. The van der Waals surface area contributed by atoms with Crippen LogP contribution in [0.4, 0.5) is 5.82 Å². The molecule has 16 heavy (non-hydrogen) atoms. The number of hydrogen-bond donors (Lipinski definition) is 1. The third-order valence-corrected chi connectivity index (χ3v) is 2.48. The molecule has 0 amide bonds. The highest BCUT2D eigenvalue weighted by Crippen LogP contribution is 2.21. The van der Waals surface area contributed by atoms with E-state index in [-0.39, 0.29) is 5.41 Å². The summed E-state index contributed by atoms with van der Waals surface area (Å²) in [5.41, 5.74) is 4.56. The van der Waals surface area contributed by atoms with Crippen molar-refractivity contribution in [2.45, 2.75) is 26.2 Å². The minimum atomic E-state index is 0.152. The summed E-state index contributed by atoms with van der Waals surface area (Å²) in [7, 11) is 0. The molecule has 3 heteroatoms. The van der Waals surface area contributed by atoms with Gasteiger partial charge in [0.2, 0.25) is 0 Å². The minimum absolute atomic E-state index is 0.152. The zero-order valence-corrected chi connectivity index (χ0v) is 9.94. The maximum Gasteiger partial charge on any atom is 0.144 e. The first-order chi connectivity index (χ1) is 7.55. The molecule has 2 aromatic rings. The van der Waals surface area contributed by atoms with E-state index in [0.717, 1.165) is 5.82 Å². The molecule has 0 aliphatic heterocycles. The summed E-state index contributed by atoms with van der Waals surface area (Å²) in [4.78, 5) is 4.39. The molecule has 0 atom stereocenters. The van der Waals surface area contributed by atoms with Crippen LogP contribution in [0.1, 0.15) is 26.3 Å². The lowest BCUT2D eigenvalue weighted by Gasteiger charge is -2.18. The Bertz CT molecular complexity index is 435. The Labute approximate surface area is 96.1 Å². The van der Waals surface area contributed by atoms with Crippen molar-refractivity contribution in [1.82, 2.24) is 9.66 Å². The molecule has 2 rings (SSSR count). The first-order valence-electron chi connectivity index (χ1n) is 5.42. The van der Waals surface area contributed by atoms with Crippen molar-refractivity contribution in [3.8, 4) is 0 Å². The lowest BCUT2D eigenvalue weighted by Crippen LogP contribution is -2.12. The average Bonchev–Trinajstić information content (AvgIpc) is 2.70. The van der Waals surface area contributed by atoms with Crippen LogP contribution in [-0.4, -0.2) is 9.66 Å². The molecule has 2 aromatic heterocycles. The highest BCUT2D eigenvalue weighted by molar-refractivity contribution is 5.36. The maximum atomic E-state index is 4.39. The second-order valence-corrected chi connectivity index (χ2v) is 4.88. The highest BCUT2D eigenvalue weighted by atomic mass is 15.4. The van der Waals surface area contributed by atoms with Crippen LogP contribution in [0.2, 0.25) is 0 Å².